The molecule has 5 N–H and O–H groups in total. The average Bonchev–Trinajstić information content (AvgIpc) is 2.87. The highest BCUT2D eigenvalue weighted by Crippen LogP contribution is 2.38. The Bertz CT molecular complexity index is 1280. The van der Waals surface area contributed by atoms with Crippen LogP contribution in [0.4, 0.5) is 18.9 Å². The molecule has 0 radical (unpaired) electrons. The van der Waals surface area contributed by atoms with E-state index in [0.717, 1.165) is 49.1 Å². The van der Waals surface area contributed by atoms with Crippen LogP contribution >= 0.6 is 0 Å². The molecule has 38 heavy (non-hydrogen) atoms. The van der Waals surface area contributed by atoms with Crippen LogP contribution in [0.25, 0.3) is 11.3 Å². The molecule has 202 valence electrons. The summed E-state index contributed by atoms with van der Waals surface area (Å²) in [4.78, 5) is 21.1. The Kier molecular flexibility index (Phi) is 8.60. The van der Waals surface area contributed by atoms with Gasteiger partial charge in [-0.05, 0) is 54.9 Å². The van der Waals surface area contributed by atoms with Gasteiger partial charge < -0.3 is 26.0 Å². The summed E-state index contributed by atoms with van der Waals surface area (Å²) in [6.07, 6.45) is 4.48. The van der Waals surface area contributed by atoms with Crippen molar-refractivity contribution in [2.24, 2.45) is 11.7 Å². The summed E-state index contributed by atoms with van der Waals surface area (Å²) < 4.78 is 49.4. The van der Waals surface area contributed by atoms with Crippen molar-refractivity contribution >= 4 is 11.6 Å². The molecule has 1 aliphatic carbocycles. The maximum absolute atomic E-state index is 14.8. The van der Waals surface area contributed by atoms with Crippen molar-refractivity contribution in [2.75, 3.05) is 18.5 Å². The molecule has 0 bridgehead atoms. The number of carbonyl (C=O) groups excluding carboxylic acids is 1. The number of anilines is 1. The monoisotopic (exact) mass is 530 g/mol. The van der Waals surface area contributed by atoms with Crippen molar-refractivity contribution in [3.05, 3.63) is 71.4 Å². The van der Waals surface area contributed by atoms with E-state index in [0.29, 0.717) is 11.6 Å². The number of aliphatic hydroxyl groups is 2. The largest absolute Gasteiger partial charge is 0.491 e. The summed E-state index contributed by atoms with van der Waals surface area (Å²) in [7, 11) is 0. The summed E-state index contributed by atoms with van der Waals surface area (Å²) in [5, 5.41) is 20.9. The molecule has 3 aromatic rings. The number of nitrogens with one attached hydrogen (secondary N) is 1. The number of carbonyl (C=O) groups is 1. The summed E-state index contributed by atoms with van der Waals surface area (Å²) in [5.74, 6) is -3.83. The van der Waals surface area contributed by atoms with Crippen LogP contribution in [0, 0.1) is 23.4 Å². The molecule has 1 aromatic carbocycles. The minimum absolute atomic E-state index is 0.0446. The van der Waals surface area contributed by atoms with Crippen molar-refractivity contribution in [3.8, 4) is 17.0 Å². The Morgan fingerprint density at radius 1 is 1.16 bits per heavy atom. The Hall–Kier alpha value is -3.54. The van der Waals surface area contributed by atoms with Gasteiger partial charge in [0, 0.05) is 24.4 Å². The van der Waals surface area contributed by atoms with Gasteiger partial charge in [0.05, 0.1) is 24.1 Å². The molecule has 1 amide bonds. The van der Waals surface area contributed by atoms with E-state index in [-0.39, 0.29) is 23.4 Å². The third-order valence-electron chi connectivity index (χ3n) is 6.51. The van der Waals surface area contributed by atoms with Crippen LogP contribution in [0.5, 0.6) is 5.75 Å². The van der Waals surface area contributed by atoms with Crippen molar-refractivity contribution in [1.82, 2.24) is 9.97 Å². The lowest BCUT2D eigenvalue weighted by molar-refractivity contribution is 0.0534. The molecule has 1 aliphatic rings. The highest BCUT2D eigenvalue weighted by atomic mass is 19.1. The number of benzene rings is 1. The first kappa shape index (κ1) is 27.5. The summed E-state index contributed by atoms with van der Waals surface area (Å²) in [5.41, 5.74) is 5.82. The molecule has 4 atom stereocenters. The van der Waals surface area contributed by atoms with Gasteiger partial charge in [0.2, 0.25) is 0 Å². The summed E-state index contributed by atoms with van der Waals surface area (Å²) >= 11 is 0. The standard InChI is InChI=1S/C27H29F3N4O4/c1-14-6-15(8-16(31)7-14)19-4-5-32-11-24(19)34-27(37)23-3-2-20(28)26(33-23)25-21(29)9-18(10-22(25)30)38-13-17(36)12-35/h2-5,9-11,14-17,35-36H,6-8,12-13,31H2,1H3,(H,34,37)/t14-,15+,16+,17-/m0/s1. The quantitative estimate of drug-likeness (QED) is 0.349. The highest BCUT2D eigenvalue weighted by molar-refractivity contribution is 6.03. The maximum atomic E-state index is 14.8. The Morgan fingerprint density at radius 3 is 2.58 bits per heavy atom. The third-order valence-corrected chi connectivity index (χ3v) is 6.51. The van der Waals surface area contributed by atoms with E-state index < -0.39 is 53.9 Å². The van der Waals surface area contributed by atoms with Gasteiger partial charge in [0.25, 0.3) is 5.91 Å². The number of amides is 1. The van der Waals surface area contributed by atoms with E-state index in [2.05, 4.69) is 22.2 Å². The number of hydrogen-bond acceptors (Lipinski definition) is 7. The number of nitrogens with two attached hydrogens (primary N) is 1. The molecule has 0 unspecified atom stereocenters. The van der Waals surface area contributed by atoms with E-state index >= 15 is 0 Å². The number of hydrogen-bond donors (Lipinski definition) is 4. The van der Waals surface area contributed by atoms with Crippen LogP contribution in [0.2, 0.25) is 0 Å². The van der Waals surface area contributed by atoms with Gasteiger partial charge in [-0.15, -0.1) is 0 Å². The lowest BCUT2D eigenvalue weighted by Gasteiger charge is -2.32. The first-order valence-corrected chi connectivity index (χ1v) is 12.2. The molecule has 0 spiro atoms. The van der Waals surface area contributed by atoms with Crippen molar-refractivity contribution in [1.29, 1.82) is 0 Å². The molecule has 1 saturated carbocycles. The summed E-state index contributed by atoms with van der Waals surface area (Å²) in [6, 6.07) is 5.49. The van der Waals surface area contributed by atoms with Crippen LogP contribution in [0.3, 0.4) is 0 Å². The predicted octanol–water partition coefficient (Wildman–Crippen LogP) is 3.78. The van der Waals surface area contributed by atoms with Gasteiger partial charge in [-0.3, -0.25) is 9.78 Å². The number of aromatic nitrogens is 2. The summed E-state index contributed by atoms with van der Waals surface area (Å²) in [6.45, 7) is 1.13. The molecule has 8 nitrogen and oxygen atoms in total. The number of ether oxygens (including phenoxy) is 1. The predicted molar refractivity (Wildman–Crippen MR) is 134 cm³/mol. The second kappa shape index (κ2) is 11.9. The van der Waals surface area contributed by atoms with E-state index in [4.69, 9.17) is 15.6 Å². The van der Waals surface area contributed by atoms with Crippen molar-refractivity contribution in [3.63, 3.8) is 0 Å². The molecular formula is C27H29F3N4O4. The van der Waals surface area contributed by atoms with Gasteiger partial charge in [0.1, 0.15) is 47.3 Å². The van der Waals surface area contributed by atoms with E-state index in [1.165, 1.54) is 6.20 Å². The average molecular weight is 531 g/mol. The zero-order valence-corrected chi connectivity index (χ0v) is 20.7. The SMILES string of the molecule is C[C@@H]1C[C@@H](N)C[C@H](c2ccncc2NC(=O)c2ccc(F)c(-c3c(F)cc(OC[C@@H](O)CO)cc3F)n2)C1. The minimum atomic E-state index is -1.24. The molecule has 2 heterocycles. The molecule has 0 saturated heterocycles. The number of aliphatic hydroxyl groups excluding tert-OH is 2. The molecule has 1 fully saturated rings. The zero-order chi connectivity index (χ0) is 27.4. The lowest BCUT2D eigenvalue weighted by Crippen LogP contribution is -2.31. The molecule has 0 aliphatic heterocycles. The fraction of sp³-hybridized carbons (Fsp3) is 0.370. The van der Waals surface area contributed by atoms with Gasteiger partial charge in [-0.25, -0.2) is 18.2 Å². The number of nitrogens with zero attached hydrogens (tertiary/aromatic N) is 2. The number of rotatable bonds is 8. The fourth-order valence-corrected chi connectivity index (χ4v) is 4.81. The second-order valence-corrected chi connectivity index (χ2v) is 9.62. The van der Waals surface area contributed by atoms with Crippen LogP contribution < -0.4 is 15.8 Å². The highest BCUT2D eigenvalue weighted by Gasteiger charge is 2.28. The fourth-order valence-electron chi connectivity index (χ4n) is 4.81. The molecular weight excluding hydrogens is 501 g/mol. The van der Waals surface area contributed by atoms with Gasteiger partial charge in [-0.1, -0.05) is 6.92 Å². The van der Waals surface area contributed by atoms with E-state index in [9.17, 15) is 23.1 Å². The number of halogens is 3. The molecule has 2 aromatic heterocycles. The van der Waals surface area contributed by atoms with Crippen molar-refractivity contribution < 1.29 is 32.9 Å². The second-order valence-electron chi connectivity index (χ2n) is 9.62. The van der Waals surface area contributed by atoms with Gasteiger partial charge in [0.15, 0.2) is 0 Å². The Labute approximate surface area is 217 Å². The normalized spacial score (nSPS) is 20.1. The van der Waals surface area contributed by atoms with Crippen LogP contribution in [-0.2, 0) is 0 Å². The smallest absolute Gasteiger partial charge is 0.274 e. The first-order chi connectivity index (χ1) is 18.2. The Morgan fingerprint density at radius 2 is 1.89 bits per heavy atom. The van der Waals surface area contributed by atoms with Gasteiger partial charge >= 0.3 is 0 Å². The Balaban J connectivity index is 1.59. The van der Waals surface area contributed by atoms with Crippen LogP contribution in [-0.4, -0.2) is 51.4 Å². The maximum Gasteiger partial charge on any atom is 0.274 e. The molecule has 4 rings (SSSR count). The first-order valence-electron chi connectivity index (χ1n) is 12.2. The topological polar surface area (TPSA) is 131 Å². The van der Waals surface area contributed by atoms with Crippen LogP contribution in [0.1, 0.15) is 48.2 Å². The van der Waals surface area contributed by atoms with E-state index in [1.54, 1.807) is 6.20 Å². The van der Waals surface area contributed by atoms with Gasteiger partial charge in [-0.2, -0.15) is 0 Å². The third kappa shape index (κ3) is 6.29. The lowest BCUT2D eigenvalue weighted by atomic mass is 9.76. The molecule has 11 heteroatoms. The van der Waals surface area contributed by atoms with Crippen molar-refractivity contribution in [2.45, 2.75) is 44.2 Å². The minimum Gasteiger partial charge on any atom is -0.491 e. The van der Waals surface area contributed by atoms with Crippen LogP contribution in [0.15, 0.2) is 42.7 Å². The van der Waals surface area contributed by atoms with E-state index in [1.807, 2.05) is 6.07 Å². The zero-order valence-electron chi connectivity index (χ0n) is 20.7. The number of pyridine rings is 2.